The van der Waals surface area contributed by atoms with Gasteiger partial charge in [-0.25, -0.2) is 0 Å². The van der Waals surface area contributed by atoms with E-state index in [9.17, 15) is 9.59 Å². The zero-order valence-electron chi connectivity index (χ0n) is 18.8. The number of fused-ring (bicyclic) bond motifs is 1. The van der Waals surface area contributed by atoms with Crippen molar-refractivity contribution in [2.45, 2.75) is 33.7 Å². The average molecular weight is 425 g/mol. The number of carbonyl (C=O) groups excluding carboxylic acids is 1. The van der Waals surface area contributed by atoms with Gasteiger partial charge < -0.3 is 9.88 Å². The van der Waals surface area contributed by atoms with Crippen LogP contribution in [0.2, 0.25) is 0 Å². The number of aromatic amines is 1. The molecule has 1 aromatic heterocycles. The van der Waals surface area contributed by atoms with Gasteiger partial charge in [-0.15, -0.1) is 0 Å². The molecule has 3 aromatic carbocycles. The molecular weight excluding hydrogens is 396 g/mol. The fourth-order valence-corrected chi connectivity index (χ4v) is 4.16. The molecule has 4 aromatic rings. The molecule has 1 amide bonds. The highest BCUT2D eigenvalue weighted by Crippen LogP contribution is 2.20. The number of nitrogens with zero attached hydrogens (tertiary/aromatic N) is 1. The van der Waals surface area contributed by atoms with Crippen LogP contribution in [-0.2, 0) is 13.0 Å². The van der Waals surface area contributed by atoms with E-state index in [1.54, 1.807) is 4.90 Å². The Kier molecular flexibility index (Phi) is 6.22. The zero-order chi connectivity index (χ0) is 22.7. The number of hydrogen-bond acceptors (Lipinski definition) is 2. The van der Waals surface area contributed by atoms with E-state index in [4.69, 9.17) is 0 Å². The Labute approximate surface area is 188 Å². The first-order valence-electron chi connectivity index (χ1n) is 10.9. The van der Waals surface area contributed by atoms with Gasteiger partial charge in [0.15, 0.2) is 0 Å². The van der Waals surface area contributed by atoms with Gasteiger partial charge in [0, 0.05) is 28.6 Å². The first-order chi connectivity index (χ1) is 15.4. The summed E-state index contributed by atoms with van der Waals surface area (Å²) in [6, 6.07) is 23.7. The number of carbonyl (C=O) groups is 1. The van der Waals surface area contributed by atoms with Crippen LogP contribution in [0.15, 0.2) is 77.6 Å². The number of H-pyrrole nitrogens is 1. The fourth-order valence-electron chi connectivity index (χ4n) is 4.16. The van der Waals surface area contributed by atoms with Gasteiger partial charge in [-0.2, -0.15) is 0 Å². The molecule has 0 aliphatic heterocycles. The molecule has 0 atom stereocenters. The Morgan fingerprint density at radius 2 is 1.66 bits per heavy atom. The summed E-state index contributed by atoms with van der Waals surface area (Å²) in [5.74, 6) is -0.0650. The lowest BCUT2D eigenvalue weighted by Gasteiger charge is -2.23. The van der Waals surface area contributed by atoms with Crippen LogP contribution in [-0.4, -0.2) is 22.3 Å². The van der Waals surface area contributed by atoms with Gasteiger partial charge >= 0.3 is 0 Å². The molecular formula is C28H28N2O2. The molecule has 0 bridgehead atoms. The Hall–Kier alpha value is -3.66. The second-order valence-electron chi connectivity index (χ2n) is 8.50. The van der Waals surface area contributed by atoms with Gasteiger partial charge in [-0.3, -0.25) is 9.59 Å². The van der Waals surface area contributed by atoms with Crippen LogP contribution in [0.5, 0.6) is 0 Å². The normalized spacial score (nSPS) is 11.0. The molecule has 1 N–H and O–H groups in total. The van der Waals surface area contributed by atoms with Crippen molar-refractivity contribution >= 4 is 16.8 Å². The predicted molar refractivity (Wildman–Crippen MR) is 130 cm³/mol. The summed E-state index contributed by atoms with van der Waals surface area (Å²) in [5, 5.41) is 1.01. The lowest BCUT2D eigenvalue weighted by Crippen LogP contribution is -2.34. The molecule has 0 fully saturated rings. The first-order valence-corrected chi connectivity index (χ1v) is 10.9. The maximum atomic E-state index is 13.4. The molecule has 0 spiro atoms. The van der Waals surface area contributed by atoms with Crippen molar-refractivity contribution in [3.05, 3.63) is 117 Å². The molecule has 0 radical (unpaired) electrons. The van der Waals surface area contributed by atoms with Gasteiger partial charge in [-0.1, -0.05) is 54.1 Å². The van der Waals surface area contributed by atoms with Gasteiger partial charge in [0.2, 0.25) is 0 Å². The summed E-state index contributed by atoms with van der Waals surface area (Å²) < 4.78 is 0. The summed E-state index contributed by atoms with van der Waals surface area (Å²) >= 11 is 0. The van der Waals surface area contributed by atoms with Crippen LogP contribution in [0, 0.1) is 20.8 Å². The summed E-state index contributed by atoms with van der Waals surface area (Å²) in [7, 11) is 0. The Morgan fingerprint density at radius 1 is 0.875 bits per heavy atom. The first kappa shape index (κ1) is 21.6. The van der Waals surface area contributed by atoms with E-state index >= 15 is 0 Å². The maximum absolute atomic E-state index is 13.4. The quantitative estimate of drug-likeness (QED) is 0.454. The maximum Gasteiger partial charge on any atom is 0.254 e. The largest absolute Gasteiger partial charge is 0.334 e. The van der Waals surface area contributed by atoms with E-state index in [0.717, 1.165) is 39.6 Å². The monoisotopic (exact) mass is 424 g/mol. The van der Waals surface area contributed by atoms with E-state index in [1.807, 2.05) is 75.4 Å². The molecule has 4 nitrogen and oxygen atoms in total. The number of pyridine rings is 1. The number of nitrogens with one attached hydrogen (secondary N) is 1. The van der Waals surface area contributed by atoms with E-state index in [1.165, 1.54) is 0 Å². The van der Waals surface area contributed by atoms with Crippen molar-refractivity contribution in [2.75, 3.05) is 6.54 Å². The van der Waals surface area contributed by atoms with Gasteiger partial charge in [0.1, 0.15) is 0 Å². The average Bonchev–Trinajstić information content (AvgIpc) is 2.77. The van der Waals surface area contributed by atoms with Crippen molar-refractivity contribution < 1.29 is 4.79 Å². The van der Waals surface area contributed by atoms with Crippen LogP contribution in [0.1, 0.15) is 38.2 Å². The Balaban J connectivity index is 1.68. The highest BCUT2D eigenvalue weighted by molar-refractivity contribution is 5.94. The van der Waals surface area contributed by atoms with Gasteiger partial charge in [0.25, 0.3) is 11.5 Å². The summed E-state index contributed by atoms with van der Waals surface area (Å²) in [6.07, 6.45) is 0.724. The molecule has 0 aliphatic carbocycles. The minimum Gasteiger partial charge on any atom is -0.334 e. The van der Waals surface area contributed by atoms with Crippen LogP contribution in [0.3, 0.4) is 0 Å². The van der Waals surface area contributed by atoms with Crippen molar-refractivity contribution in [1.29, 1.82) is 0 Å². The van der Waals surface area contributed by atoms with Crippen molar-refractivity contribution in [2.24, 2.45) is 0 Å². The second kappa shape index (κ2) is 9.23. The molecule has 32 heavy (non-hydrogen) atoms. The molecule has 0 aliphatic rings. The summed E-state index contributed by atoms with van der Waals surface area (Å²) in [5.41, 5.74) is 6.33. The van der Waals surface area contributed by atoms with Crippen molar-refractivity contribution in [3.8, 4) is 0 Å². The lowest BCUT2D eigenvalue weighted by atomic mass is 10.0. The van der Waals surface area contributed by atoms with Gasteiger partial charge in [0.05, 0.1) is 6.54 Å². The van der Waals surface area contributed by atoms with E-state index in [-0.39, 0.29) is 18.0 Å². The van der Waals surface area contributed by atoms with Crippen molar-refractivity contribution in [3.63, 3.8) is 0 Å². The minimum atomic E-state index is -0.149. The molecule has 4 rings (SSSR count). The zero-order valence-corrected chi connectivity index (χ0v) is 18.8. The van der Waals surface area contributed by atoms with Crippen molar-refractivity contribution in [1.82, 2.24) is 9.88 Å². The third-order valence-electron chi connectivity index (χ3n) is 5.82. The number of benzene rings is 3. The van der Waals surface area contributed by atoms with E-state index in [2.05, 4.69) is 23.2 Å². The van der Waals surface area contributed by atoms with Crippen LogP contribution in [0.4, 0.5) is 0 Å². The smallest absolute Gasteiger partial charge is 0.254 e. The Morgan fingerprint density at radius 3 is 2.41 bits per heavy atom. The topological polar surface area (TPSA) is 53.2 Å². The number of aryl methyl sites for hydroxylation is 3. The van der Waals surface area contributed by atoms with Crippen LogP contribution in [0.25, 0.3) is 10.9 Å². The fraction of sp³-hybridized carbons (Fsp3) is 0.214. The summed E-state index contributed by atoms with van der Waals surface area (Å²) in [4.78, 5) is 31.1. The highest BCUT2D eigenvalue weighted by atomic mass is 16.2. The minimum absolute atomic E-state index is 0.0650. The number of amides is 1. The Bertz CT molecular complexity index is 1320. The molecule has 162 valence electrons. The van der Waals surface area contributed by atoms with Crippen LogP contribution >= 0.6 is 0 Å². The molecule has 1 heterocycles. The SMILES string of the molecule is Cc1cccc(C(=O)N(CCc2ccccc2)Cc2cc3c(C)cc(C)cc3[nH]c2=O)c1. The predicted octanol–water partition coefficient (Wildman–Crippen LogP) is 5.34. The van der Waals surface area contributed by atoms with Gasteiger partial charge in [-0.05, 0) is 68.1 Å². The standard InChI is InChI=1S/C28H28N2O2/c1-19-8-7-11-23(15-19)28(32)30(13-12-22-9-5-4-6-10-22)18-24-17-25-21(3)14-20(2)16-26(25)29-27(24)31/h4-11,14-17H,12-13,18H2,1-3H3,(H,29,31). The number of rotatable bonds is 6. The number of aromatic nitrogens is 1. The third-order valence-corrected chi connectivity index (χ3v) is 5.82. The van der Waals surface area contributed by atoms with Crippen LogP contribution < -0.4 is 5.56 Å². The summed E-state index contributed by atoms with van der Waals surface area (Å²) in [6.45, 7) is 6.83. The molecule has 0 unspecified atom stereocenters. The second-order valence-corrected chi connectivity index (χ2v) is 8.50. The molecule has 0 saturated heterocycles. The van der Waals surface area contributed by atoms with E-state index in [0.29, 0.717) is 17.7 Å². The third kappa shape index (κ3) is 4.80. The highest BCUT2D eigenvalue weighted by Gasteiger charge is 2.18. The number of hydrogen-bond donors (Lipinski definition) is 1. The molecule has 4 heteroatoms. The molecule has 0 saturated carbocycles. The van der Waals surface area contributed by atoms with E-state index < -0.39 is 0 Å². The lowest BCUT2D eigenvalue weighted by molar-refractivity contribution is 0.0744.